The molecule has 72 valence electrons. The molecule has 1 heteroatoms. The van der Waals surface area contributed by atoms with Gasteiger partial charge in [-0.15, -0.1) is 0 Å². The van der Waals surface area contributed by atoms with Crippen molar-refractivity contribution in [1.82, 2.24) is 0 Å². The molecule has 0 aromatic carbocycles. The predicted octanol–water partition coefficient (Wildman–Crippen LogP) is 3.54. The van der Waals surface area contributed by atoms with Gasteiger partial charge in [0.15, 0.2) is 0 Å². The fraction of sp³-hybridized carbons (Fsp3) is 0.909. The van der Waals surface area contributed by atoms with E-state index in [-0.39, 0.29) is 0 Å². The number of nitrogens with zero attached hydrogens (tertiary/aromatic N) is 1. The van der Waals surface area contributed by atoms with Crippen LogP contribution in [0.15, 0.2) is 4.99 Å². The molecule has 0 aliphatic rings. The van der Waals surface area contributed by atoms with Crippen molar-refractivity contribution in [2.45, 2.75) is 53.5 Å². The Bertz CT molecular complexity index is 132. The van der Waals surface area contributed by atoms with Crippen LogP contribution in [0.25, 0.3) is 0 Å². The summed E-state index contributed by atoms with van der Waals surface area (Å²) in [5, 5.41) is 0. The average Bonchev–Trinajstić information content (AvgIpc) is 1.97. The summed E-state index contributed by atoms with van der Waals surface area (Å²) in [7, 11) is 0. The monoisotopic (exact) mass is 169 g/mol. The quantitative estimate of drug-likeness (QED) is 0.571. The van der Waals surface area contributed by atoms with Gasteiger partial charge in [0.05, 0.1) is 0 Å². The van der Waals surface area contributed by atoms with E-state index in [2.05, 4.69) is 46.3 Å². The highest BCUT2D eigenvalue weighted by Gasteiger charge is 2.19. The molecule has 1 nitrogen and oxygen atoms in total. The molecule has 0 N–H and O–H groups in total. The molecule has 0 saturated carbocycles. The van der Waals surface area contributed by atoms with E-state index in [1.807, 2.05) is 0 Å². The molecule has 0 saturated heterocycles. The van der Waals surface area contributed by atoms with Crippen molar-refractivity contribution in [3.8, 4) is 0 Å². The highest BCUT2D eigenvalue weighted by Crippen LogP contribution is 2.29. The Hall–Kier alpha value is -0.330. The normalized spacial score (nSPS) is 17.1. The highest BCUT2D eigenvalue weighted by atomic mass is 14.7. The molecule has 0 aliphatic carbocycles. The Morgan fingerprint density at radius 1 is 1.17 bits per heavy atom. The van der Waals surface area contributed by atoms with Crippen LogP contribution >= 0.6 is 0 Å². The van der Waals surface area contributed by atoms with Gasteiger partial charge in [0, 0.05) is 6.04 Å². The molecule has 0 heterocycles. The van der Waals surface area contributed by atoms with Gasteiger partial charge in [-0.05, 0) is 37.8 Å². The number of hydrogen-bond acceptors (Lipinski definition) is 1. The minimum absolute atomic E-state index is 0.426. The van der Waals surface area contributed by atoms with Crippen molar-refractivity contribution in [2.75, 3.05) is 0 Å². The second-order valence-corrected chi connectivity index (χ2v) is 4.88. The van der Waals surface area contributed by atoms with Crippen LogP contribution in [0.1, 0.15) is 47.5 Å². The summed E-state index contributed by atoms with van der Waals surface area (Å²) < 4.78 is 0. The summed E-state index contributed by atoms with van der Waals surface area (Å²) in [5.41, 5.74) is 0.431. The molecule has 0 amide bonds. The van der Waals surface area contributed by atoms with Gasteiger partial charge in [-0.25, -0.2) is 0 Å². The van der Waals surface area contributed by atoms with Gasteiger partial charge in [-0.2, -0.15) is 0 Å². The summed E-state index contributed by atoms with van der Waals surface area (Å²) in [6, 6.07) is 0.426. The molecule has 0 rings (SSSR count). The summed E-state index contributed by atoms with van der Waals surface area (Å²) >= 11 is 0. The first-order chi connectivity index (χ1) is 5.38. The highest BCUT2D eigenvalue weighted by molar-refractivity contribution is 5.23. The average molecular weight is 169 g/mol. The van der Waals surface area contributed by atoms with Crippen molar-refractivity contribution in [2.24, 2.45) is 16.3 Å². The fourth-order valence-corrected chi connectivity index (χ4v) is 1.02. The Morgan fingerprint density at radius 2 is 1.67 bits per heavy atom. The predicted molar refractivity (Wildman–Crippen MR) is 56.9 cm³/mol. The Kier molecular flexibility index (Phi) is 4.51. The first-order valence-electron chi connectivity index (χ1n) is 4.83. The van der Waals surface area contributed by atoms with Gasteiger partial charge in [0.2, 0.25) is 0 Å². The number of rotatable bonds is 4. The smallest absolute Gasteiger partial charge is 0.0464 e. The molecule has 2 atom stereocenters. The van der Waals surface area contributed by atoms with E-state index in [9.17, 15) is 0 Å². The molecule has 0 aromatic heterocycles. The number of hydrogen-bond donors (Lipinski definition) is 0. The van der Waals surface area contributed by atoms with Crippen LogP contribution in [0, 0.1) is 11.3 Å². The van der Waals surface area contributed by atoms with Gasteiger partial charge in [-0.3, -0.25) is 4.99 Å². The zero-order chi connectivity index (χ0) is 9.78. The van der Waals surface area contributed by atoms with Crippen molar-refractivity contribution in [3.63, 3.8) is 0 Å². The standard InChI is InChI=1S/C11H23N/c1-9(11(3,4)5)7-8-10(2)12-6/h9-10H,6-8H2,1-5H3. The van der Waals surface area contributed by atoms with Gasteiger partial charge in [0.25, 0.3) is 0 Å². The van der Waals surface area contributed by atoms with Crippen molar-refractivity contribution in [1.29, 1.82) is 0 Å². The van der Waals surface area contributed by atoms with Crippen molar-refractivity contribution in [3.05, 3.63) is 0 Å². The van der Waals surface area contributed by atoms with E-state index in [0.717, 1.165) is 5.92 Å². The summed E-state index contributed by atoms with van der Waals surface area (Å²) in [6.07, 6.45) is 2.42. The largest absolute Gasteiger partial charge is 0.298 e. The van der Waals surface area contributed by atoms with Gasteiger partial charge >= 0.3 is 0 Å². The molecule has 2 unspecified atom stereocenters. The molecule has 12 heavy (non-hydrogen) atoms. The van der Waals surface area contributed by atoms with Crippen LogP contribution in [0.4, 0.5) is 0 Å². The first-order valence-corrected chi connectivity index (χ1v) is 4.83. The number of aliphatic imine (C=N–C) groups is 1. The van der Waals surface area contributed by atoms with E-state index in [4.69, 9.17) is 0 Å². The molecule has 0 radical (unpaired) electrons. The molecular formula is C11H23N. The van der Waals surface area contributed by atoms with Crippen LogP contribution in [0.2, 0.25) is 0 Å². The maximum Gasteiger partial charge on any atom is 0.0464 e. The lowest BCUT2D eigenvalue weighted by atomic mass is 9.79. The third-order valence-electron chi connectivity index (χ3n) is 2.81. The maximum absolute atomic E-state index is 3.99. The fourth-order valence-electron chi connectivity index (χ4n) is 1.02. The summed E-state index contributed by atoms with van der Waals surface area (Å²) in [4.78, 5) is 3.99. The maximum atomic E-state index is 3.99. The molecular weight excluding hydrogens is 146 g/mol. The molecule has 0 spiro atoms. The zero-order valence-corrected chi connectivity index (χ0v) is 9.22. The third kappa shape index (κ3) is 4.53. The van der Waals surface area contributed by atoms with E-state index in [1.54, 1.807) is 0 Å². The Morgan fingerprint density at radius 3 is 2.00 bits per heavy atom. The van der Waals surface area contributed by atoms with Gasteiger partial charge < -0.3 is 0 Å². The first kappa shape index (κ1) is 11.7. The van der Waals surface area contributed by atoms with Crippen LogP contribution in [-0.2, 0) is 0 Å². The lowest BCUT2D eigenvalue weighted by Gasteiger charge is -2.27. The lowest BCUT2D eigenvalue weighted by Crippen LogP contribution is -2.18. The third-order valence-corrected chi connectivity index (χ3v) is 2.81. The Balaban J connectivity index is 3.71. The summed E-state index contributed by atoms with van der Waals surface area (Å²) in [6.45, 7) is 14.9. The van der Waals surface area contributed by atoms with Crippen molar-refractivity contribution >= 4 is 6.72 Å². The van der Waals surface area contributed by atoms with Crippen LogP contribution in [0.5, 0.6) is 0 Å². The second-order valence-electron chi connectivity index (χ2n) is 4.88. The topological polar surface area (TPSA) is 12.4 Å². The van der Waals surface area contributed by atoms with Crippen LogP contribution in [0.3, 0.4) is 0 Å². The summed E-state index contributed by atoms with van der Waals surface area (Å²) in [5.74, 6) is 0.765. The molecule has 0 aromatic rings. The van der Waals surface area contributed by atoms with E-state index in [0.29, 0.717) is 11.5 Å². The van der Waals surface area contributed by atoms with Gasteiger partial charge in [0.1, 0.15) is 0 Å². The molecule has 0 bridgehead atoms. The molecule has 0 aliphatic heterocycles. The molecule has 0 fully saturated rings. The minimum Gasteiger partial charge on any atom is -0.298 e. The Labute approximate surface area is 77.3 Å². The van der Waals surface area contributed by atoms with E-state index < -0.39 is 0 Å². The zero-order valence-electron chi connectivity index (χ0n) is 9.22. The van der Waals surface area contributed by atoms with Gasteiger partial charge in [-0.1, -0.05) is 27.7 Å². The van der Waals surface area contributed by atoms with Crippen LogP contribution in [-0.4, -0.2) is 12.8 Å². The van der Waals surface area contributed by atoms with Crippen molar-refractivity contribution < 1.29 is 0 Å². The minimum atomic E-state index is 0.426. The second kappa shape index (κ2) is 4.64. The SMILES string of the molecule is C=NC(C)CCC(C)C(C)(C)C. The van der Waals surface area contributed by atoms with E-state index >= 15 is 0 Å². The van der Waals surface area contributed by atoms with E-state index in [1.165, 1.54) is 12.8 Å². The van der Waals surface area contributed by atoms with Crippen LogP contribution < -0.4 is 0 Å². The lowest BCUT2D eigenvalue weighted by molar-refractivity contribution is 0.239.